The monoisotopic (exact) mass is 390 g/mol. The summed E-state index contributed by atoms with van der Waals surface area (Å²) < 4.78 is 11.4. The molecule has 4 aliphatic rings. The maximum absolute atomic E-state index is 12.3. The molecule has 2 fully saturated rings. The second-order valence-corrected chi connectivity index (χ2v) is 7.43. The van der Waals surface area contributed by atoms with E-state index >= 15 is 0 Å². The average Bonchev–Trinajstić information content (AvgIpc) is 2.71. The number of esters is 3. The van der Waals surface area contributed by atoms with Gasteiger partial charge in [-0.25, -0.2) is 4.79 Å². The normalized spacial score (nSPS) is 33.8. The van der Waals surface area contributed by atoms with Gasteiger partial charge in [0.05, 0.1) is 17.4 Å². The van der Waals surface area contributed by atoms with E-state index in [2.05, 4.69) is 15.9 Å². The number of halogens is 1. The van der Waals surface area contributed by atoms with E-state index in [1.165, 1.54) is 0 Å². The van der Waals surface area contributed by atoms with E-state index in [9.17, 15) is 14.4 Å². The Labute approximate surface area is 147 Å². The van der Waals surface area contributed by atoms with Crippen LogP contribution in [0.2, 0.25) is 0 Å². The van der Waals surface area contributed by atoms with Crippen LogP contribution in [0.25, 0.3) is 0 Å². The Morgan fingerprint density at radius 3 is 2.08 bits per heavy atom. The van der Waals surface area contributed by atoms with Crippen LogP contribution in [0.1, 0.15) is 23.2 Å². The number of benzene rings is 1. The molecule has 0 amide bonds. The van der Waals surface area contributed by atoms with Gasteiger partial charge in [0.25, 0.3) is 0 Å². The predicted octanol–water partition coefficient (Wildman–Crippen LogP) is 2.89. The molecule has 6 heteroatoms. The predicted molar refractivity (Wildman–Crippen MR) is 86.8 cm³/mol. The lowest BCUT2D eigenvalue weighted by atomic mass is 9.73. The Morgan fingerprint density at radius 1 is 1.00 bits per heavy atom. The van der Waals surface area contributed by atoms with E-state index in [-0.39, 0.29) is 23.9 Å². The van der Waals surface area contributed by atoms with Crippen LogP contribution in [0.3, 0.4) is 0 Å². The summed E-state index contributed by atoms with van der Waals surface area (Å²) in [6, 6.07) is 6.97. The van der Waals surface area contributed by atoms with Gasteiger partial charge in [0.2, 0.25) is 0 Å². The highest BCUT2D eigenvalue weighted by molar-refractivity contribution is 9.10. The van der Waals surface area contributed by atoms with Crippen molar-refractivity contribution in [3.8, 4) is 0 Å². The fraction of sp³-hybridized carbons (Fsp3) is 0.389. The maximum Gasteiger partial charge on any atom is 0.338 e. The first-order valence-electron chi connectivity index (χ1n) is 7.93. The summed E-state index contributed by atoms with van der Waals surface area (Å²) in [6.45, 7) is 0. The molecule has 124 valence electrons. The van der Waals surface area contributed by atoms with Crippen molar-refractivity contribution in [1.29, 1.82) is 0 Å². The first-order valence-corrected chi connectivity index (χ1v) is 8.72. The Morgan fingerprint density at radius 2 is 1.54 bits per heavy atom. The second-order valence-electron chi connectivity index (χ2n) is 6.51. The van der Waals surface area contributed by atoms with Crippen molar-refractivity contribution in [2.45, 2.75) is 18.9 Å². The van der Waals surface area contributed by atoms with Crippen LogP contribution in [-0.4, -0.2) is 24.0 Å². The number of carbonyl (C=O) groups excluding carboxylic acids is 3. The molecule has 1 aromatic rings. The molecule has 5 rings (SSSR count). The molecule has 4 unspecified atom stereocenters. The zero-order valence-electron chi connectivity index (χ0n) is 12.7. The Balaban J connectivity index is 1.51. The Hall–Kier alpha value is -1.95. The average molecular weight is 391 g/mol. The van der Waals surface area contributed by atoms with E-state index in [0.29, 0.717) is 18.4 Å². The van der Waals surface area contributed by atoms with Gasteiger partial charge < -0.3 is 9.47 Å². The van der Waals surface area contributed by atoms with Gasteiger partial charge in [0.1, 0.15) is 6.10 Å². The molecule has 1 saturated carbocycles. The fourth-order valence-electron chi connectivity index (χ4n) is 3.99. The van der Waals surface area contributed by atoms with Gasteiger partial charge in [-0.2, -0.15) is 0 Å². The summed E-state index contributed by atoms with van der Waals surface area (Å²) in [4.78, 5) is 36.2. The largest absolute Gasteiger partial charge is 0.459 e. The van der Waals surface area contributed by atoms with E-state index in [1.54, 1.807) is 24.3 Å². The van der Waals surface area contributed by atoms with Crippen molar-refractivity contribution in [3.63, 3.8) is 0 Å². The molecule has 0 radical (unpaired) electrons. The van der Waals surface area contributed by atoms with Crippen LogP contribution < -0.4 is 0 Å². The highest BCUT2D eigenvalue weighted by Crippen LogP contribution is 2.47. The van der Waals surface area contributed by atoms with Crippen LogP contribution in [0.5, 0.6) is 0 Å². The van der Waals surface area contributed by atoms with E-state index in [4.69, 9.17) is 9.47 Å². The van der Waals surface area contributed by atoms with Crippen LogP contribution in [0.15, 0.2) is 40.9 Å². The number of allylic oxidation sites excluding steroid dienone is 2. The van der Waals surface area contributed by atoms with Gasteiger partial charge in [-0.1, -0.05) is 28.1 Å². The number of hydrogen-bond donors (Lipinski definition) is 0. The molecule has 0 aromatic heterocycles. The summed E-state index contributed by atoms with van der Waals surface area (Å²) in [5, 5.41) is 0. The van der Waals surface area contributed by atoms with Crippen molar-refractivity contribution in [3.05, 3.63) is 46.5 Å². The van der Waals surface area contributed by atoms with Gasteiger partial charge >= 0.3 is 17.9 Å². The molecule has 1 saturated heterocycles. The highest BCUT2D eigenvalue weighted by Gasteiger charge is 2.55. The Bertz CT molecular complexity index is 706. The van der Waals surface area contributed by atoms with Crippen molar-refractivity contribution in [1.82, 2.24) is 0 Å². The van der Waals surface area contributed by atoms with Crippen LogP contribution in [0.4, 0.5) is 0 Å². The number of rotatable bonds is 2. The van der Waals surface area contributed by atoms with E-state index in [0.717, 1.165) is 4.47 Å². The first-order chi connectivity index (χ1) is 11.5. The third-order valence-electron chi connectivity index (χ3n) is 5.08. The van der Waals surface area contributed by atoms with Crippen LogP contribution >= 0.6 is 15.9 Å². The van der Waals surface area contributed by atoms with Crippen LogP contribution in [0, 0.1) is 23.7 Å². The van der Waals surface area contributed by atoms with Gasteiger partial charge in [-0.3, -0.25) is 9.59 Å². The molecule has 3 aliphatic carbocycles. The number of carbonyl (C=O) groups is 3. The van der Waals surface area contributed by atoms with Crippen molar-refractivity contribution in [2.24, 2.45) is 23.7 Å². The Kier molecular flexibility index (Phi) is 3.79. The fourth-order valence-corrected chi connectivity index (χ4v) is 4.26. The first kappa shape index (κ1) is 15.6. The second kappa shape index (κ2) is 5.84. The van der Waals surface area contributed by atoms with Gasteiger partial charge in [0.15, 0.2) is 0 Å². The molecule has 4 atom stereocenters. The lowest BCUT2D eigenvalue weighted by Gasteiger charge is -2.25. The van der Waals surface area contributed by atoms with Crippen molar-refractivity contribution < 1.29 is 23.9 Å². The lowest BCUT2D eigenvalue weighted by Crippen LogP contribution is -2.31. The summed E-state index contributed by atoms with van der Waals surface area (Å²) in [5.41, 5.74) is 0.485. The molecular formula is C18H15BrO5. The van der Waals surface area contributed by atoms with Gasteiger partial charge in [-0.15, -0.1) is 0 Å². The lowest BCUT2D eigenvalue weighted by molar-refractivity contribution is -0.154. The molecule has 0 spiro atoms. The number of ether oxygens (including phenoxy) is 2. The topological polar surface area (TPSA) is 69.7 Å². The third-order valence-corrected chi connectivity index (χ3v) is 5.61. The summed E-state index contributed by atoms with van der Waals surface area (Å²) >= 11 is 3.33. The van der Waals surface area contributed by atoms with E-state index in [1.807, 2.05) is 12.2 Å². The highest BCUT2D eigenvalue weighted by atomic mass is 79.9. The van der Waals surface area contributed by atoms with Crippen LogP contribution in [-0.2, 0) is 19.1 Å². The number of fused-ring (bicyclic) bond motifs is 2. The van der Waals surface area contributed by atoms with Crippen molar-refractivity contribution in [2.75, 3.05) is 0 Å². The minimum atomic E-state index is -0.441. The summed E-state index contributed by atoms with van der Waals surface area (Å²) in [6.07, 6.45) is 4.72. The molecule has 5 nitrogen and oxygen atoms in total. The smallest absolute Gasteiger partial charge is 0.338 e. The van der Waals surface area contributed by atoms with Crippen molar-refractivity contribution >= 4 is 33.8 Å². The minimum absolute atomic E-state index is 0.115. The third kappa shape index (κ3) is 2.59. The molecule has 1 aromatic carbocycles. The maximum atomic E-state index is 12.3. The van der Waals surface area contributed by atoms with Gasteiger partial charge in [0, 0.05) is 4.47 Å². The molecule has 0 N–H and O–H groups in total. The summed E-state index contributed by atoms with van der Waals surface area (Å²) in [5.74, 6) is -2.35. The SMILES string of the molecule is O=C(OC1CC2C=CC(C1)C1C(=O)OC(=O)C21)c1ccc(Br)cc1. The molecule has 24 heavy (non-hydrogen) atoms. The zero-order valence-corrected chi connectivity index (χ0v) is 14.3. The number of hydrogen-bond acceptors (Lipinski definition) is 5. The number of cyclic esters (lactones) is 2. The molecule has 1 heterocycles. The molecule has 1 aliphatic heterocycles. The molecular weight excluding hydrogens is 376 g/mol. The van der Waals surface area contributed by atoms with Gasteiger partial charge in [-0.05, 0) is 48.9 Å². The zero-order chi connectivity index (χ0) is 16.8. The summed E-state index contributed by atoms with van der Waals surface area (Å²) in [7, 11) is 0. The standard InChI is InChI=1S/C18H15BrO5/c19-12-5-3-9(4-6-12)16(20)23-13-7-10-1-2-11(8-13)15-14(10)17(21)24-18(15)22/h1-6,10-11,13-15H,7-8H2. The molecule has 2 bridgehead atoms. The quantitative estimate of drug-likeness (QED) is 0.441. The minimum Gasteiger partial charge on any atom is -0.459 e. The van der Waals surface area contributed by atoms with E-state index < -0.39 is 23.8 Å².